The summed E-state index contributed by atoms with van der Waals surface area (Å²) in [5.74, 6) is 0.978. The van der Waals surface area contributed by atoms with E-state index in [2.05, 4.69) is 16.4 Å². The van der Waals surface area contributed by atoms with Crippen molar-refractivity contribution in [2.45, 2.75) is 30.4 Å². The second kappa shape index (κ2) is 8.85. The van der Waals surface area contributed by atoms with Gasteiger partial charge in [0.25, 0.3) is 0 Å². The Balaban J connectivity index is 1.48. The predicted molar refractivity (Wildman–Crippen MR) is 104 cm³/mol. The number of carbonyl (C=O) groups excluding carboxylic acids is 2. The second-order valence-electron chi connectivity index (χ2n) is 6.44. The van der Waals surface area contributed by atoms with Crippen LogP contribution in [0.2, 0.25) is 0 Å². The Labute approximate surface area is 158 Å². The first-order chi connectivity index (χ1) is 12.6. The van der Waals surface area contributed by atoms with Gasteiger partial charge in [0.1, 0.15) is 0 Å². The van der Waals surface area contributed by atoms with Gasteiger partial charge < -0.3 is 10.2 Å². The van der Waals surface area contributed by atoms with Gasteiger partial charge in [0, 0.05) is 54.7 Å². The Kier molecular flexibility index (Phi) is 6.28. The number of thioether (sulfide) groups is 1. The summed E-state index contributed by atoms with van der Waals surface area (Å²) in [6, 6.07) is 11.9. The van der Waals surface area contributed by atoms with Gasteiger partial charge in [-0.25, -0.2) is 0 Å². The third-order valence-electron chi connectivity index (χ3n) is 4.56. The summed E-state index contributed by atoms with van der Waals surface area (Å²) in [6.07, 6.45) is 5.10. The van der Waals surface area contributed by atoms with Gasteiger partial charge in [0.05, 0.1) is 0 Å². The first kappa shape index (κ1) is 18.5. The summed E-state index contributed by atoms with van der Waals surface area (Å²) >= 11 is 1.74. The van der Waals surface area contributed by atoms with E-state index in [0.29, 0.717) is 13.1 Å². The molecule has 136 valence electrons. The van der Waals surface area contributed by atoms with E-state index in [1.165, 1.54) is 5.56 Å². The average molecular weight is 369 g/mol. The molecule has 0 saturated carbocycles. The minimum Gasteiger partial charge on any atom is -0.343 e. The molecule has 6 heteroatoms. The Hall–Kier alpha value is -2.34. The highest BCUT2D eigenvalue weighted by atomic mass is 32.2. The molecule has 3 rings (SSSR count). The van der Waals surface area contributed by atoms with Crippen LogP contribution in [0.15, 0.2) is 53.7 Å². The van der Waals surface area contributed by atoms with E-state index in [0.717, 1.165) is 29.2 Å². The second-order valence-corrected chi connectivity index (χ2v) is 7.49. The Morgan fingerprint density at radius 3 is 2.54 bits per heavy atom. The molecule has 1 fully saturated rings. The lowest BCUT2D eigenvalue weighted by atomic mass is 9.96. The first-order valence-electron chi connectivity index (χ1n) is 8.80. The van der Waals surface area contributed by atoms with Gasteiger partial charge in [0.15, 0.2) is 0 Å². The predicted octanol–water partition coefficient (Wildman–Crippen LogP) is 3.57. The first-order valence-corrected chi connectivity index (χ1v) is 9.78. The van der Waals surface area contributed by atoms with Crippen molar-refractivity contribution in [2.24, 2.45) is 5.92 Å². The van der Waals surface area contributed by atoms with Crippen LogP contribution in [0.5, 0.6) is 0 Å². The van der Waals surface area contributed by atoms with Gasteiger partial charge in [-0.15, -0.1) is 11.8 Å². The Morgan fingerprint density at radius 1 is 1.19 bits per heavy atom. The Bertz CT molecular complexity index is 741. The number of benzene rings is 1. The molecule has 1 N–H and O–H groups in total. The fourth-order valence-corrected chi connectivity index (χ4v) is 3.82. The number of carbonyl (C=O) groups is 2. The number of nitrogens with zero attached hydrogens (tertiary/aromatic N) is 2. The van der Waals surface area contributed by atoms with Crippen molar-refractivity contribution >= 4 is 29.3 Å². The monoisotopic (exact) mass is 369 g/mol. The Morgan fingerprint density at radius 2 is 1.92 bits per heavy atom. The third kappa shape index (κ3) is 5.08. The molecule has 0 unspecified atom stereocenters. The molecule has 1 aliphatic heterocycles. The minimum absolute atomic E-state index is 0.0229. The maximum Gasteiger partial charge on any atom is 0.227 e. The van der Waals surface area contributed by atoms with Gasteiger partial charge in [-0.3, -0.25) is 14.6 Å². The van der Waals surface area contributed by atoms with E-state index in [4.69, 9.17) is 0 Å². The standard InChI is InChI=1S/C20H23N3O2S/c1-15(24)23-11-8-17(9-12-23)20(25)22-18-4-6-19(7-5-18)26-14-16-3-2-10-21-13-16/h2-7,10,13,17H,8-9,11-12,14H2,1H3,(H,22,25). The highest BCUT2D eigenvalue weighted by Gasteiger charge is 2.25. The van der Waals surface area contributed by atoms with Crippen molar-refractivity contribution in [3.05, 3.63) is 54.4 Å². The van der Waals surface area contributed by atoms with E-state index < -0.39 is 0 Å². The molecule has 1 aromatic carbocycles. The van der Waals surface area contributed by atoms with Crippen LogP contribution in [0, 0.1) is 5.92 Å². The summed E-state index contributed by atoms with van der Waals surface area (Å²) < 4.78 is 0. The molecule has 2 aromatic rings. The molecule has 1 aromatic heterocycles. The molecule has 1 saturated heterocycles. The van der Waals surface area contributed by atoms with Crippen LogP contribution in [0.3, 0.4) is 0 Å². The van der Waals surface area contributed by atoms with E-state index >= 15 is 0 Å². The normalized spacial score (nSPS) is 14.9. The zero-order valence-corrected chi connectivity index (χ0v) is 15.7. The average Bonchev–Trinajstić information content (AvgIpc) is 2.68. The zero-order valence-electron chi connectivity index (χ0n) is 14.9. The van der Waals surface area contributed by atoms with Gasteiger partial charge in [-0.05, 0) is 48.7 Å². The largest absolute Gasteiger partial charge is 0.343 e. The van der Waals surface area contributed by atoms with Crippen molar-refractivity contribution < 1.29 is 9.59 Å². The number of pyridine rings is 1. The molecular weight excluding hydrogens is 346 g/mol. The number of nitrogens with one attached hydrogen (secondary N) is 1. The number of hydrogen-bond donors (Lipinski definition) is 1. The molecule has 2 heterocycles. The summed E-state index contributed by atoms with van der Waals surface area (Å²) in [5.41, 5.74) is 2.00. The van der Waals surface area contributed by atoms with Crippen LogP contribution in [0.25, 0.3) is 0 Å². The number of hydrogen-bond acceptors (Lipinski definition) is 4. The van der Waals surface area contributed by atoms with Crippen LogP contribution < -0.4 is 5.32 Å². The summed E-state index contributed by atoms with van der Waals surface area (Å²) in [6.45, 7) is 2.91. The van der Waals surface area contributed by atoms with E-state index in [-0.39, 0.29) is 17.7 Å². The molecule has 5 nitrogen and oxygen atoms in total. The van der Waals surface area contributed by atoms with Gasteiger partial charge in [0.2, 0.25) is 11.8 Å². The highest BCUT2D eigenvalue weighted by molar-refractivity contribution is 7.98. The maximum atomic E-state index is 12.4. The smallest absolute Gasteiger partial charge is 0.227 e. The maximum absolute atomic E-state index is 12.4. The van der Waals surface area contributed by atoms with Crippen molar-refractivity contribution in [2.75, 3.05) is 18.4 Å². The summed E-state index contributed by atoms with van der Waals surface area (Å²) in [4.78, 5) is 30.9. The molecule has 0 atom stereocenters. The van der Waals surface area contributed by atoms with Crippen LogP contribution >= 0.6 is 11.8 Å². The van der Waals surface area contributed by atoms with Gasteiger partial charge >= 0.3 is 0 Å². The number of aromatic nitrogens is 1. The molecular formula is C20H23N3O2S. The molecule has 26 heavy (non-hydrogen) atoms. The van der Waals surface area contributed by atoms with E-state index in [1.807, 2.05) is 36.5 Å². The quantitative estimate of drug-likeness (QED) is 0.819. The lowest BCUT2D eigenvalue weighted by Crippen LogP contribution is -2.40. The fourth-order valence-electron chi connectivity index (χ4n) is 2.99. The van der Waals surface area contributed by atoms with Crippen LogP contribution in [0.1, 0.15) is 25.3 Å². The summed E-state index contributed by atoms with van der Waals surface area (Å²) in [7, 11) is 0. The topological polar surface area (TPSA) is 62.3 Å². The van der Waals surface area contributed by atoms with E-state index in [9.17, 15) is 9.59 Å². The van der Waals surface area contributed by atoms with Crippen LogP contribution in [-0.2, 0) is 15.3 Å². The van der Waals surface area contributed by atoms with Gasteiger partial charge in [-0.1, -0.05) is 6.07 Å². The van der Waals surface area contributed by atoms with Crippen molar-refractivity contribution in [1.82, 2.24) is 9.88 Å². The number of rotatable bonds is 5. The minimum atomic E-state index is -0.0229. The number of anilines is 1. The number of amides is 2. The fraction of sp³-hybridized carbons (Fsp3) is 0.350. The zero-order chi connectivity index (χ0) is 18.4. The SMILES string of the molecule is CC(=O)N1CCC(C(=O)Nc2ccc(SCc3cccnc3)cc2)CC1. The summed E-state index contributed by atoms with van der Waals surface area (Å²) in [5, 5.41) is 3.00. The van der Waals surface area contributed by atoms with Crippen molar-refractivity contribution in [3.8, 4) is 0 Å². The molecule has 0 radical (unpaired) electrons. The number of piperidine rings is 1. The highest BCUT2D eigenvalue weighted by Crippen LogP contribution is 2.25. The lowest BCUT2D eigenvalue weighted by Gasteiger charge is -2.30. The third-order valence-corrected chi connectivity index (χ3v) is 5.64. The number of likely N-dealkylation sites (tertiary alicyclic amines) is 1. The van der Waals surface area contributed by atoms with Crippen molar-refractivity contribution in [3.63, 3.8) is 0 Å². The lowest BCUT2D eigenvalue weighted by molar-refractivity contribution is -0.132. The van der Waals surface area contributed by atoms with Gasteiger partial charge in [-0.2, -0.15) is 0 Å². The molecule has 0 bridgehead atoms. The van der Waals surface area contributed by atoms with E-state index in [1.54, 1.807) is 29.8 Å². The van der Waals surface area contributed by atoms with Crippen LogP contribution in [0.4, 0.5) is 5.69 Å². The van der Waals surface area contributed by atoms with Crippen LogP contribution in [-0.4, -0.2) is 34.8 Å². The molecule has 1 aliphatic rings. The van der Waals surface area contributed by atoms with Crippen molar-refractivity contribution in [1.29, 1.82) is 0 Å². The molecule has 0 aliphatic carbocycles. The molecule has 2 amide bonds. The molecule has 0 spiro atoms.